The minimum Gasteiger partial charge on any atom is -0.497 e. The number of benzene rings is 1. The van der Waals surface area contributed by atoms with Gasteiger partial charge >= 0.3 is 0 Å². The Hall–Kier alpha value is -1.10. The van der Waals surface area contributed by atoms with E-state index in [1.54, 1.807) is 7.11 Å². The molecule has 4 heteroatoms. The summed E-state index contributed by atoms with van der Waals surface area (Å²) in [5.74, 6) is 0.823. The summed E-state index contributed by atoms with van der Waals surface area (Å²) < 4.78 is 5.17. The Morgan fingerprint density at radius 3 is 2.48 bits per heavy atom. The molecule has 4 nitrogen and oxygen atoms in total. The van der Waals surface area contributed by atoms with Crippen LogP contribution in [-0.2, 0) is 0 Å². The molecule has 2 rings (SSSR count). The van der Waals surface area contributed by atoms with Crippen molar-refractivity contribution in [2.24, 2.45) is 0 Å². The zero-order valence-electron chi connectivity index (χ0n) is 13.6. The van der Waals surface area contributed by atoms with Crippen LogP contribution in [0.1, 0.15) is 32.4 Å². The van der Waals surface area contributed by atoms with Crippen molar-refractivity contribution >= 4 is 0 Å². The third kappa shape index (κ3) is 3.76. The van der Waals surface area contributed by atoms with E-state index in [-0.39, 0.29) is 6.04 Å². The van der Waals surface area contributed by atoms with Crippen LogP contribution in [-0.4, -0.2) is 60.3 Å². The van der Waals surface area contributed by atoms with E-state index in [0.717, 1.165) is 37.5 Å². The third-order valence-electron chi connectivity index (χ3n) is 4.69. The number of nitrogens with zero attached hydrogens (tertiary/aromatic N) is 2. The molecule has 0 bridgehead atoms. The van der Waals surface area contributed by atoms with Crippen molar-refractivity contribution in [3.8, 4) is 5.75 Å². The lowest BCUT2D eigenvalue weighted by Gasteiger charge is -2.43. The fourth-order valence-electron chi connectivity index (χ4n) is 3.14. The molecule has 0 amide bonds. The SMILES string of the molecule is CCN1CCN(C(C)C(O)c2ccc(OC)cc2)CC1C. The normalized spacial score (nSPS) is 23.8. The van der Waals surface area contributed by atoms with Crippen molar-refractivity contribution in [3.63, 3.8) is 0 Å². The van der Waals surface area contributed by atoms with E-state index in [2.05, 4.69) is 30.6 Å². The van der Waals surface area contributed by atoms with E-state index in [0.29, 0.717) is 6.04 Å². The molecule has 118 valence electrons. The average Bonchev–Trinajstić information content (AvgIpc) is 2.53. The molecular formula is C17H28N2O2. The molecule has 1 saturated heterocycles. The van der Waals surface area contributed by atoms with E-state index >= 15 is 0 Å². The Morgan fingerprint density at radius 2 is 1.95 bits per heavy atom. The molecule has 1 N–H and O–H groups in total. The zero-order valence-corrected chi connectivity index (χ0v) is 13.6. The Bertz CT molecular complexity index is 435. The number of hydrogen-bond donors (Lipinski definition) is 1. The van der Waals surface area contributed by atoms with Crippen molar-refractivity contribution in [1.82, 2.24) is 9.80 Å². The summed E-state index contributed by atoms with van der Waals surface area (Å²) in [5.41, 5.74) is 0.953. The summed E-state index contributed by atoms with van der Waals surface area (Å²) in [6, 6.07) is 8.39. The van der Waals surface area contributed by atoms with Crippen LogP contribution in [0.4, 0.5) is 0 Å². The standard InChI is InChI=1S/C17H28N2O2/c1-5-18-10-11-19(12-13(18)2)14(3)17(20)15-6-8-16(21-4)9-7-15/h6-9,13-14,17,20H,5,10-12H2,1-4H3. The Kier molecular flexibility index (Phi) is 5.62. The number of rotatable bonds is 5. The highest BCUT2D eigenvalue weighted by molar-refractivity contribution is 5.29. The lowest BCUT2D eigenvalue weighted by molar-refractivity contribution is 0.00758. The summed E-state index contributed by atoms with van der Waals surface area (Å²) in [6.07, 6.45) is -0.462. The highest BCUT2D eigenvalue weighted by Crippen LogP contribution is 2.24. The Morgan fingerprint density at radius 1 is 1.29 bits per heavy atom. The van der Waals surface area contributed by atoms with Crippen LogP contribution in [0, 0.1) is 0 Å². The van der Waals surface area contributed by atoms with Crippen molar-refractivity contribution in [3.05, 3.63) is 29.8 Å². The molecule has 0 radical (unpaired) electrons. The molecule has 1 aromatic rings. The molecule has 3 atom stereocenters. The van der Waals surface area contributed by atoms with Gasteiger partial charge < -0.3 is 9.84 Å². The summed E-state index contributed by atoms with van der Waals surface area (Å²) in [5, 5.41) is 10.6. The maximum Gasteiger partial charge on any atom is 0.118 e. The van der Waals surface area contributed by atoms with Crippen LogP contribution < -0.4 is 4.74 Å². The first-order chi connectivity index (χ1) is 10.1. The predicted molar refractivity (Wildman–Crippen MR) is 85.7 cm³/mol. The van der Waals surface area contributed by atoms with Crippen molar-refractivity contribution in [2.75, 3.05) is 33.3 Å². The van der Waals surface area contributed by atoms with Gasteiger partial charge in [0.1, 0.15) is 5.75 Å². The number of ether oxygens (including phenoxy) is 1. The number of likely N-dealkylation sites (N-methyl/N-ethyl adjacent to an activating group) is 1. The lowest BCUT2D eigenvalue weighted by atomic mass is 10.0. The van der Waals surface area contributed by atoms with Crippen LogP contribution in [0.5, 0.6) is 5.75 Å². The molecule has 1 heterocycles. The molecular weight excluding hydrogens is 264 g/mol. The molecule has 1 fully saturated rings. The molecule has 1 aliphatic rings. The van der Waals surface area contributed by atoms with Gasteiger partial charge in [-0.2, -0.15) is 0 Å². The van der Waals surface area contributed by atoms with Crippen LogP contribution in [0.2, 0.25) is 0 Å². The van der Waals surface area contributed by atoms with E-state index in [9.17, 15) is 5.11 Å². The maximum atomic E-state index is 10.6. The first kappa shape index (κ1) is 16.3. The quantitative estimate of drug-likeness (QED) is 0.902. The molecule has 0 aliphatic carbocycles. The number of hydrogen-bond acceptors (Lipinski definition) is 4. The first-order valence-corrected chi connectivity index (χ1v) is 7.87. The van der Waals surface area contributed by atoms with Crippen molar-refractivity contribution in [1.29, 1.82) is 0 Å². The Labute approximate surface area is 128 Å². The number of aliphatic hydroxyl groups excluding tert-OH is 1. The average molecular weight is 292 g/mol. The van der Waals surface area contributed by atoms with Gasteiger partial charge in [-0.25, -0.2) is 0 Å². The third-order valence-corrected chi connectivity index (χ3v) is 4.69. The summed E-state index contributed by atoms with van der Waals surface area (Å²) >= 11 is 0. The molecule has 3 unspecified atom stereocenters. The van der Waals surface area contributed by atoms with Gasteiger partial charge in [0, 0.05) is 31.7 Å². The smallest absolute Gasteiger partial charge is 0.118 e. The summed E-state index contributed by atoms with van der Waals surface area (Å²) in [4.78, 5) is 4.88. The van der Waals surface area contributed by atoms with E-state index in [1.165, 1.54) is 0 Å². The second-order valence-electron chi connectivity index (χ2n) is 5.93. The highest BCUT2D eigenvalue weighted by atomic mass is 16.5. The van der Waals surface area contributed by atoms with Gasteiger partial charge in [-0.15, -0.1) is 0 Å². The second kappa shape index (κ2) is 7.25. The van der Waals surface area contributed by atoms with Crippen LogP contribution >= 0.6 is 0 Å². The van der Waals surface area contributed by atoms with Gasteiger partial charge in [0.25, 0.3) is 0 Å². The van der Waals surface area contributed by atoms with Gasteiger partial charge in [-0.1, -0.05) is 19.1 Å². The highest BCUT2D eigenvalue weighted by Gasteiger charge is 2.29. The number of piperazine rings is 1. The molecule has 0 aromatic heterocycles. The van der Waals surface area contributed by atoms with Gasteiger partial charge in [0.05, 0.1) is 13.2 Å². The second-order valence-corrected chi connectivity index (χ2v) is 5.93. The maximum absolute atomic E-state index is 10.6. The zero-order chi connectivity index (χ0) is 15.4. The summed E-state index contributed by atoms with van der Waals surface area (Å²) in [7, 11) is 1.66. The topological polar surface area (TPSA) is 35.9 Å². The number of methoxy groups -OCH3 is 1. The van der Waals surface area contributed by atoms with Crippen molar-refractivity contribution in [2.45, 2.75) is 39.0 Å². The first-order valence-electron chi connectivity index (χ1n) is 7.87. The summed E-state index contributed by atoms with van der Waals surface area (Å²) in [6.45, 7) is 10.8. The molecule has 21 heavy (non-hydrogen) atoms. The predicted octanol–water partition coefficient (Wildman–Crippen LogP) is 2.14. The Balaban J connectivity index is 2.00. The van der Waals surface area contributed by atoms with Gasteiger partial charge in [0.15, 0.2) is 0 Å². The minimum atomic E-state index is -0.462. The van der Waals surface area contributed by atoms with Crippen LogP contribution in [0.25, 0.3) is 0 Å². The fourth-order valence-corrected chi connectivity index (χ4v) is 3.14. The van der Waals surface area contributed by atoms with Gasteiger partial charge in [-0.05, 0) is 38.1 Å². The van der Waals surface area contributed by atoms with Gasteiger partial charge in [0.2, 0.25) is 0 Å². The largest absolute Gasteiger partial charge is 0.497 e. The van der Waals surface area contributed by atoms with Crippen molar-refractivity contribution < 1.29 is 9.84 Å². The molecule has 1 aromatic carbocycles. The minimum absolute atomic E-state index is 0.125. The van der Waals surface area contributed by atoms with Crippen LogP contribution in [0.15, 0.2) is 24.3 Å². The monoisotopic (exact) mass is 292 g/mol. The van der Waals surface area contributed by atoms with E-state index in [1.807, 2.05) is 24.3 Å². The lowest BCUT2D eigenvalue weighted by Crippen LogP contribution is -2.55. The molecule has 1 aliphatic heterocycles. The number of aliphatic hydroxyl groups is 1. The van der Waals surface area contributed by atoms with E-state index < -0.39 is 6.10 Å². The van der Waals surface area contributed by atoms with Gasteiger partial charge in [-0.3, -0.25) is 9.80 Å². The van der Waals surface area contributed by atoms with E-state index in [4.69, 9.17) is 4.74 Å². The van der Waals surface area contributed by atoms with Crippen LogP contribution in [0.3, 0.4) is 0 Å². The molecule has 0 saturated carbocycles. The molecule has 0 spiro atoms. The fraction of sp³-hybridized carbons (Fsp3) is 0.647.